The van der Waals surface area contributed by atoms with Gasteiger partial charge in [0.15, 0.2) is 0 Å². The van der Waals surface area contributed by atoms with Crippen LogP contribution in [-0.4, -0.2) is 31.4 Å². The van der Waals surface area contributed by atoms with Crippen molar-refractivity contribution in [2.75, 3.05) is 29.9 Å². The number of amides is 2. The molecule has 2 N–H and O–H groups in total. The van der Waals surface area contributed by atoms with Gasteiger partial charge in [-0.2, -0.15) is 0 Å². The Balaban J connectivity index is 1.54. The van der Waals surface area contributed by atoms with Gasteiger partial charge in [-0.3, -0.25) is 9.59 Å². The van der Waals surface area contributed by atoms with Gasteiger partial charge in [-0.25, -0.2) is 0 Å². The molecule has 3 rings (SSSR count). The highest BCUT2D eigenvalue weighted by Gasteiger charge is 2.12. The van der Waals surface area contributed by atoms with Gasteiger partial charge in [0.1, 0.15) is 0 Å². The number of anilines is 2. The fourth-order valence-electron chi connectivity index (χ4n) is 3.46. The smallest absolute Gasteiger partial charge is 0.255 e. The minimum atomic E-state index is -0.178. The van der Waals surface area contributed by atoms with Gasteiger partial charge in [-0.05, 0) is 80.1 Å². The number of piperidine rings is 1. The second-order valence-electron chi connectivity index (χ2n) is 8.06. The molecule has 0 unspecified atom stereocenters. The third kappa shape index (κ3) is 6.08. The van der Waals surface area contributed by atoms with E-state index in [4.69, 9.17) is 0 Å². The minimum absolute atomic E-state index is 0.106. The lowest BCUT2D eigenvalue weighted by Gasteiger charge is -2.28. The number of rotatable bonds is 7. The SMILES string of the molecule is CC(C)CCNC(=O)c1ccc(C(=O)Nc2ccc(N3CCCCC3)cc2)cc1. The highest BCUT2D eigenvalue weighted by Crippen LogP contribution is 2.22. The number of carbonyl (C=O) groups is 2. The van der Waals surface area contributed by atoms with Crippen molar-refractivity contribution in [1.29, 1.82) is 0 Å². The van der Waals surface area contributed by atoms with Crippen LogP contribution in [0.5, 0.6) is 0 Å². The summed E-state index contributed by atoms with van der Waals surface area (Å²) in [5, 5.41) is 5.83. The van der Waals surface area contributed by atoms with Gasteiger partial charge in [-0.1, -0.05) is 13.8 Å². The van der Waals surface area contributed by atoms with Crippen molar-refractivity contribution in [3.63, 3.8) is 0 Å². The van der Waals surface area contributed by atoms with E-state index < -0.39 is 0 Å². The summed E-state index contributed by atoms with van der Waals surface area (Å²) in [6.07, 6.45) is 4.74. The van der Waals surface area contributed by atoms with E-state index in [0.717, 1.165) is 25.2 Å². The van der Waals surface area contributed by atoms with E-state index in [1.165, 1.54) is 24.9 Å². The van der Waals surface area contributed by atoms with Crippen LogP contribution in [0.3, 0.4) is 0 Å². The average molecular weight is 394 g/mol. The zero-order valence-corrected chi connectivity index (χ0v) is 17.4. The quantitative estimate of drug-likeness (QED) is 0.716. The fourth-order valence-corrected chi connectivity index (χ4v) is 3.46. The van der Waals surface area contributed by atoms with Gasteiger partial charge in [0.05, 0.1) is 0 Å². The molecule has 1 heterocycles. The Morgan fingerprint density at radius 3 is 2.03 bits per heavy atom. The standard InChI is InChI=1S/C24H31N3O2/c1-18(2)14-15-25-23(28)19-6-8-20(9-7-19)24(29)26-21-10-12-22(13-11-21)27-16-4-3-5-17-27/h6-13,18H,3-5,14-17H2,1-2H3,(H,25,28)(H,26,29). The van der Waals surface area contributed by atoms with Gasteiger partial charge in [-0.15, -0.1) is 0 Å². The first-order chi connectivity index (χ1) is 14.0. The van der Waals surface area contributed by atoms with Crippen LogP contribution in [0.4, 0.5) is 11.4 Å². The molecule has 154 valence electrons. The molecule has 0 atom stereocenters. The molecule has 1 saturated heterocycles. The van der Waals surface area contributed by atoms with Gasteiger partial charge < -0.3 is 15.5 Å². The Labute approximate surface area is 173 Å². The molecule has 0 aromatic heterocycles. The average Bonchev–Trinajstić information content (AvgIpc) is 2.74. The molecule has 0 radical (unpaired) electrons. The highest BCUT2D eigenvalue weighted by molar-refractivity contribution is 6.05. The normalized spacial score (nSPS) is 14.0. The number of hydrogen-bond donors (Lipinski definition) is 2. The second-order valence-corrected chi connectivity index (χ2v) is 8.06. The Kier molecular flexibility index (Phi) is 7.28. The fraction of sp³-hybridized carbons (Fsp3) is 0.417. The van der Waals surface area contributed by atoms with Gasteiger partial charge >= 0.3 is 0 Å². The van der Waals surface area contributed by atoms with Crippen molar-refractivity contribution in [2.45, 2.75) is 39.5 Å². The number of benzene rings is 2. The lowest BCUT2D eigenvalue weighted by molar-refractivity contribution is 0.0950. The molecule has 5 heteroatoms. The van der Waals surface area contributed by atoms with E-state index in [-0.39, 0.29) is 11.8 Å². The molecule has 0 spiro atoms. The van der Waals surface area contributed by atoms with Crippen molar-refractivity contribution in [2.24, 2.45) is 5.92 Å². The Hall–Kier alpha value is -2.82. The Bertz CT molecular complexity index is 807. The lowest BCUT2D eigenvalue weighted by Crippen LogP contribution is -2.29. The maximum Gasteiger partial charge on any atom is 0.255 e. The summed E-state index contributed by atoms with van der Waals surface area (Å²) in [6, 6.07) is 14.8. The lowest BCUT2D eigenvalue weighted by atomic mass is 10.1. The van der Waals surface area contributed by atoms with Crippen LogP contribution < -0.4 is 15.5 Å². The molecule has 2 amide bonds. The molecule has 1 aliphatic rings. The van der Waals surface area contributed by atoms with Crippen LogP contribution in [0.1, 0.15) is 60.2 Å². The van der Waals surface area contributed by atoms with E-state index in [1.807, 2.05) is 12.1 Å². The van der Waals surface area contributed by atoms with Crippen LogP contribution in [0.15, 0.2) is 48.5 Å². The molecule has 2 aromatic rings. The predicted octanol–water partition coefficient (Wildman–Crippen LogP) is 4.71. The van der Waals surface area contributed by atoms with Crippen LogP contribution in [0.25, 0.3) is 0 Å². The van der Waals surface area contributed by atoms with E-state index in [9.17, 15) is 9.59 Å². The summed E-state index contributed by atoms with van der Waals surface area (Å²) in [7, 11) is 0. The van der Waals surface area contributed by atoms with E-state index in [2.05, 4.69) is 41.5 Å². The van der Waals surface area contributed by atoms with Crippen LogP contribution in [-0.2, 0) is 0 Å². The summed E-state index contributed by atoms with van der Waals surface area (Å²) in [5.74, 6) is 0.267. The number of carbonyl (C=O) groups excluding carboxylic acids is 2. The third-order valence-corrected chi connectivity index (χ3v) is 5.26. The van der Waals surface area contributed by atoms with E-state index >= 15 is 0 Å². The first-order valence-corrected chi connectivity index (χ1v) is 10.6. The second kappa shape index (κ2) is 10.1. The van der Waals surface area contributed by atoms with Crippen molar-refractivity contribution >= 4 is 23.2 Å². The largest absolute Gasteiger partial charge is 0.372 e. The number of hydrogen-bond acceptors (Lipinski definition) is 3. The molecular formula is C24H31N3O2. The Morgan fingerprint density at radius 2 is 1.45 bits per heavy atom. The zero-order valence-electron chi connectivity index (χ0n) is 17.4. The van der Waals surface area contributed by atoms with Crippen molar-refractivity contribution in [3.05, 3.63) is 59.7 Å². The zero-order chi connectivity index (χ0) is 20.6. The van der Waals surface area contributed by atoms with Crippen molar-refractivity contribution < 1.29 is 9.59 Å². The van der Waals surface area contributed by atoms with E-state index in [0.29, 0.717) is 23.6 Å². The summed E-state index contributed by atoms with van der Waals surface area (Å²) in [4.78, 5) is 27.0. The van der Waals surface area contributed by atoms with Gasteiger partial charge in [0.25, 0.3) is 11.8 Å². The molecule has 1 fully saturated rings. The monoisotopic (exact) mass is 393 g/mol. The summed E-state index contributed by atoms with van der Waals surface area (Å²) in [6.45, 7) is 7.11. The van der Waals surface area contributed by atoms with Crippen LogP contribution in [0.2, 0.25) is 0 Å². The van der Waals surface area contributed by atoms with Gasteiger partial charge in [0.2, 0.25) is 0 Å². The van der Waals surface area contributed by atoms with Crippen LogP contribution >= 0.6 is 0 Å². The first-order valence-electron chi connectivity index (χ1n) is 10.6. The first kappa shape index (κ1) is 20.9. The molecule has 0 saturated carbocycles. The van der Waals surface area contributed by atoms with Crippen molar-refractivity contribution in [1.82, 2.24) is 5.32 Å². The number of nitrogens with zero attached hydrogens (tertiary/aromatic N) is 1. The minimum Gasteiger partial charge on any atom is -0.372 e. The highest BCUT2D eigenvalue weighted by atomic mass is 16.2. The van der Waals surface area contributed by atoms with E-state index in [1.54, 1.807) is 24.3 Å². The van der Waals surface area contributed by atoms with Crippen molar-refractivity contribution in [3.8, 4) is 0 Å². The maximum absolute atomic E-state index is 12.5. The molecule has 5 nitrogen and oxygen atoms in total. The molecule has 2 aromatic carbocycles. The number of nitrogens with one attached hydrogen (secondary N) is 2. The summed E-state index contributed by atoms with van der Waals surface area (Å²) >= 11 is 0. The molecular weight excluding hydrogens is 362 g/mol. The molecule has 1 aliphatic heterocycles. The topological polar surface area (TPSA) is 61.4 Å². The summed E-state index contributed by atoms with van der Waals surface area (Å²) < 4.78 is 0. The van der Waals surface area contributed by atoms with Gasteiger partial charge in [0, 0.05) is 42.1 Å². The maximum atomic E-state index is 12.5. The molecule has 0 aliphatic carbocycles. The predicted molar refractivity (Wildman–Crippen MR) is 119 cm³/mol. The molecule has 29 heavy (non-hydrogen) atoms. The van der Waals surface area contributed by atoms with Crippen LogP contribution in [0, 0.1) is 5.92 Å². The Morgan fingerprint density at radius 1 is 0.862 bits per heavy atom. The molecule has 0 bridgehead atoms. The third-order valence-electron chi connectivity index (χ3n) is 5.26. The summed E-state index contributed by atoms with van der Waals surface area (Å²) in [5.41, 5.74) is 3.07.